The Balaban J connectivity index is 0.000000226. The highest BCUT2D eigenvalue weighted by atomic mass is 79.9. The van der Waals surface area contributed by atoms with Gasteiger partial charge < -0.3 is 51.1 Å². The zero-order valence-electron chi connectivity index (χ0n) is 66.3. The van der Waals surface area contributed by atoms with Crippen molar-refractivity contribution in [1.29, 1.82) is 0 Å². The highest BCUT2D eigenvalue weighted by Gasteiger charge is 2.19. The van der Waals surface area contributed by atoms with Crippen LogP contribution in [0.2, 0.25) is 0 Å². The molecule has 598 valence electrons. The number of ether oxygens (including phenoxy) is 4. The first kappa shape index (κ1) is 89.6. The molecule has 0 saturated heterocycles. The number of anilines is 1. The third-order valence-corrected chi connectivity index (χ3v) is 17.4. The number of carboxylic acid groups (broad SMARTS) is 1. The number of esters is 1. The summed E-state index contributed by atoms with van der Waals surface area (Å²) >= 11 is 3.13. The first-order valence-corrected chi connectivity index (χ1v) is 37.6. The van der Waals surface area contributed by atoms with E-state index in [2.05, 4.69) is 39.4 Å². The van der Waals surface area contributed by atoms with Crippen LogP contribution in [-0.2, 0) is 33.5 Å². The fourth-order valence-electron chi connectivity index (χ4n) is 10.8. The van der Waals surface area contributed by atoms with Crippen LogP contribution in [0.15, 0.2) is 303 Å². The number of nitrogens with two attached hydrogens (primary N) is 2. The molecule has 0 aliphatic heterocycles. The first-order chi connectivity index (χ1) is 55.6. The van der Waals surface area contributed by atoms with Gasteiger partial charge in [-0.2, -0.15) is 0 Å². The largest absolute Gasteiger partial charge is 0.508 e. The van der Waals surface area contributed by atoms with Crippen LogP contribution < -0.4 is 26.3 Å². The number of fused-ring (bicyclic) bond motifs is 4. The number of aromatic carboxylic acids is 1. The van der Waals surface area contributed by atoms with Crippen molar-refractivity contribution < 1.29 is 77.6 Å². The number of aromatic hydroxyl groups is 2. The molecule has 12 rings (SSSR count). The SMILES string of the molecule is CC(C)(C)OC(=O)CCC(=CF)CBr.CC(C)(C)OC(=O)NCC(=CF)COc1ccc(C(=O)Cc2ccc3ccccc3c2)cc1.NCC(=CF)COc1ccc(C(=O)Cc2ccc3ccccc3c2)cc1.Nc1ccc2ccccc2c1.O=C(Cc1ccc2ccccc2c1)c1ccc(O)cc1.O=C(O)c1ccc(O)cc1.[3H]C. The Morgan fingerprint density at radius 3 is 1.10 bits per heavy atom. The lowest BCUT2D eigenvalue weighted by atomic mass is 10.00. The van der Waals surface area contributed by atoms with E-state index in [9.17, 15) is 47.0 Å². The van der Waals surface area contributed by atoms with Crippen molar-refractivity contribution in [3.05, 3.63) is 342 Å². The van der Waals surface area contributed by atoms with E-state index >= 15 is 0 Å². The number of carboxylic acids is 1. The molecule has 20 heteroatoms. The average molecular weight is 1630 g/mol. The maximum Gasteiger partial charge on any atom is 0.407 e. The van der Waals surface area contributed by atoms with Crippen molar-refractivity contribution >= 4 is 100 Å². The molecular weight excluding hydrogens is 1530 g/mol. The minimum absolute atomic E-state index is 0.00253. The van der Waals surface area contributed by atoms with Gasteiger partial charge in [-0.3, -0.25) is 19.2 Å². The van der Waals surface area contributed by atoms with Crippen molar-refractivity contribution in [2.75, 3.05) is 37.4 Å². The van der Waals surface area contributed by atoms with E-state index in [0.717, 1.165) is 49.3 Å². The van der Waals surface area contributed by atoms with Crippen molar-refractivity contribution in [2.45, 2.75) is 92.3 Å². The van der Waals surface area contributed by atoms with Gasteiger partial charge in [-0.05, 0) is 223 Å². The molecule has 0 saturated carbocycles. The number of nitrogen functional groups attached to an aromatic ring is 1. The van der Waals surface area contributed by atoms with E-state index in [1.165, 1.54) is 60.0 Å². The van der Waals surface area contributed by atoms with Crippen LogP contribution in [0.25, 0.3) is 43.1 Å². The average Bonchev–Trinajstić information content (AvgIpc) is 0.838. The van der Waals surface area contributed by atoms with Crippen LogP contribution in [-0.4, -0.2) is 93.5 Å². The molecule has 0 atom stereocenters. The number of rotatable bonds is 23. The van der Waals surface area contributed by atoms with Gasteiger partial charge in [-0.1, -0.05) is 181 Å². The Morgan fingerprint density at radius 1 is 0.435 bits per heavy atom. The maximum absolute atomic E-state index is 13.1. The molecule has 12 aromatic rings. The van der Waals surface area contributed by atoms with E-state index in [0.29, 0.717) is 89.3 Å². The Bertz CT molecular complexity index is 5280. The van der Waals surface area contributed by atoms with Crippen LogP contribution in [0.3, 0.4) is 0 Å². The van der Waals surface area contributed by atoms with Gasteiger partial charge in [0.2, 0.25) is 0 Å². The number of phenolic OH excluding ortho intramolecular Hbond substituents is 2. The predicted octanol–water partition coefficient (Wildman–Crippen LogP) is 22.0. The number of hydrogen-bond donors (Lipinski definition) is 6. The van der Waals surface area contributed by atoms with Crippen molar-refractivity contribution in [3.8, 4) is 23.0 Å². The van der Waals surface area contributed by atoms with E-state index in [4.69, 9.17) is 42.0 Å². The third kappa shape index (κ3) is 32.5. The van der Waals surface area contributed by atoms with Gasteiger partial charge in [-0.25, -0.2) is 22.8 Å². The summed E-state index contributed by atoms with van der Waals surface area (Å²) in [5.74, 6) is 0.130. The second-order valence-electron chi connectivity index (χ2n) is 28.1. The number of amides is 1. The van der Waals surface area contributed by atoms with Crippen LogP contribution in [0.5, 0.6) is 23.0 Å². The summed E-state index contributed by atoms with van der Waals surface area (Å²) < 4.78 is 64.7. The van der Waals surface area contributed by atoms with Crippen LogP contribution in [0, 0.1) is 0 Å². The fraction of sp³-hybridized carbons (Fsp3) is 0.200. The van der Waals surface area contributed by atoms with Gasteiger partial charge in [0.15, 0.2) is 17.3 Å². The molecular formula is C95H97BrF3N3O13. The Morgan fingerprint density at radius 2 is 0.765 bits per heavy atom. The molecule has 0 aromatic heterocycles. The fourth-order valence-corrected chi connectivity index (χ4v) is 11.2. The number of carbonyl (C=O) groups is 6. The van der Waals surface area contributed by atoms with E-state index in [1.807, 2.05) is 152 Å². The van der Waals surface area contributed by atoms with Crippen molar-refractivity contribution in [2.24, 2.45) is 5.73 Å². The summed E-state index contributed by atoms with van der Waals surface area (Å²) in [7, 11) is 1.25. The number of phenols is 2. The quantitative estimate of drug-likeness (QED) is 0.0150. The second-order valence-corrected chi connectivity index (χ2v) is 28.6. The summed E-state index contributed by atoms with van der Waals surface area (Å²) in [5, 5.41) is 38.6. The molecule has 16 nitrogen and oxygen atoms in total. The summed E-state index contributed by atoms with van der Waals surface area (Å²) in [5.41, 5.74) is 16.8. The highest BCUT2D eigenvalue weighted by Crippen LogP contribution is 2.25. The lowest BCUT2D eigenvalue weighted by molar-refractivity contribution is -0.154. The normalized spacial score (nSPS) is 11.2. The lowest BCUT2D eigenvalue weighted by Gasteiger charge is -2.20. The number of allylic oxidation sites excluding steroid dienone is 1. The molecule has 0 aliphatic rings. The Kier molecular flexibility index (Phi) is 36.1. The molecule has 8 N–H and O–H groups in total. The number of carbonyl (C=O) groups excluding carboxylic acids is 5. The maximum atomic E-state index is 13.1. The lowest BCUT2D eigenvalue weighted by Crippen LogP contribution is -2.34. The Hall–Kier alpha value is -12.7. The van der Waals surface area contributed by atoms with Gasteiger partial charge >= 0.3 is 18.0 Å². The zero-order valence-corrected chi connectivity index (χ0v) is 66.9. The number of benzene rings is 12. The molecule has 0 spiro atoms. The number of hydrogen-bond acceptors (Lipinski definition) is 14. The third-order valence-electron chi connectivity index (χ3n) is 16.6. The van der Waals surface area contributed by atoms with Gasteiger partial charge in [0, 0.05) is 79.0 Å². The summed E-state index contributed by atoms with van der Waals surface area (Å²) in [4.78, 5) is 70.5. The first-order valence-electron chi connectivity index (χ1n) is 37.4. The van der Waals surface area contributed by atoms with Crippen LogP contribution in [0.1, 0.15) is 121 Å². The standard InChI is InChI=1S/C27H28FNO4.C22H20FNO2.C18H14O2.C10H16BrFO2.C10H9N.C7H6O3.CH4/c1-27(2,3)33-26(31)29-17-20(16-28)18-32-24-12-10-22(11-13-24)25(30)15-19-8-9-21-6-4-5-7-23(21)14-19;23-13-17(14-24)15-26-21-9-7-19(8-10-21)22(25)12-16-5-6-18-3-1-2-4-20(18)11-16;19-17-9-7-15(8-10-17)18(20)12-13-5-6-14-3-1-2-4-16(14)11-13;1-10(2,3)14-9(13)5-4-8(6-11)7-12;11-10-6-5-8-3-1-2-4-9(8)7-10;8-6-3-1-5(2-4-6)7(9)10;/h4-14,16H,15,17-18H2,1-3H3,(H,29,31);1-11,13H,12,14-15,24H2;1-11,19H,12H2;7H,4-6H2,1-3H3;1-7H,11H2;1-4,8H,(H,9,10);1H4/i;;;;;;1T. The molecule has 0 radical (unpaired) electrons. The number of nitrogens with one attached hydrogen (secondary N) is 1. The highest BCUT2D eigenvalue weighted by molar-refractivity contribution is 9.09. The van der Waals surface area contributed by atoms with Crippen molar-refractivity contribution in [3.63, 3.8) is 0 Å². The minimum Gasteiger partial charge on any atom is -0.508 e. The smallest absolute Gasteiger partial charge is 0.407 e. The minimum atomic E-state index is -0.986. The number of Topliss-reactive ketones (excluding diaryl/α,β-unsaturated/α-hetero) is 3. The van der Waals surface area contributed by atoms with Gasteiger partial charge in [-0.15, -0.1) is 0 Å². The van der Waals surface area contributed by atoms with Gasteiger partial charge in [0.1, 0.15) is 47.4 Å². The van der Waals surface area contributed by atoms with E-state index in [1.54, 1.807) is 102 Å². The molecule has 0 heterocycles. The number of alkyl carbamates (subject to hydrolysis) is 1. The van der Waals surface area contributed by atoms with Crippen LogP contribution in [0.4, 0.5) is 23.7 Å². The van der Waals surface area contributed by atoms with Crippen LogP contribution >= 0.6 is 15.9 Å². The molecule has 0 aliphatic carbocycles. The van der Waals surface area contributed by atoms with Crippen molar-refractivity contribution in [1.82, 2.24) is 5.32 Å². The summed E-state index contributed by atoms with van der Waals surface area (Å²) in [6.45, 7) is 10.8. The second kappa shape index (κ2) is 46.4. The van der Waals surface area contributed by atoms with E-state index < -0.39 is 23.3 Å². The number of alkyl halides is 1. The Labute approximate surface area is 679 Å². The van der Waals surface area contributed by atoms with Gasteiger partial charge in [0.25, 0.3) is 0 Å². The summed E-state index contributed by atoms with van der Waals surface area (Å²) in [6, 6.07) is 81.8. The molecule has 0 fully saturated rings. The topological polar surface area (TPSA) is 264 Å². The number of ketones is 3. The number of halogens is 4. The molecule has 0 bridgehead atoms. The van der Waals surface area contributed by atoms with Gasteiger partial charge in [0.05, 0.1) is 24.6 Å². The zero-order chi connectivity index (χ0) is 84.6. The molecule has 12 aromatic carbocycles. The predicted molar refractivity (Wildman–Crippen MR) is 458 cm³/mol. The molecule has 0 unspecified atom stereocenters. The molecule has 115 heavy (non-hydrogen) atoms. The monoisotopic (exact) mass is 1630 g/mol. The molecule has 1 amide bonds. The summed E-state index contributed by atoms with van der Waals surface area (Å²) in [6.07, 6.45) is 2.39. The van der Waals surface area contributed by atoms with E-state index in [-0.39, 0.29) is 78.7 Å².